The van der Waals surface area contributed by atoms with Crippen LogP contribution in [0.4, 0.5) is 0 Å². The molecule has 0 radical (unpaired) electrons. The van der Waals surface area contributed by atoms with E-state index in [-0.39, 0.29) is 27.8 Å². The highest BCUT2D eigenvalue weighted by Gasteiger charge is 2.24. The number of benzene rings is 3. The van der Waals surface area contributed by atoms with Crippen LogP contribution in [0.3, 0.4) is 0 Å². The number of nitriles is 2. The molecule has 0 atom stereocenters. The Bertz CT molecular complexity index is 2060. The topological polar surface area (TPSA) is 64.6 Å². The lowest BCUT2D eigenvalue weighted by Crippen LogP contribution is -2.32. The standard InChI is InChI=1S/C31H26N3O/c1-18(2)26-17-34(5)27(14-20(26)4)28-19(3)6-12-24-25-13-11-23(16-33)29(31(25)35-30(24)28)22-9-7-21(15-32)8-10-22/h6-14,17-18H,1-5H3/q+1/i4D3,7D,8D,9D,10D,18D. The first kappa shape index (κ1) is 14.8. The molecule has 0 bridgehead atoms. The van der Waals surface area contributed by atoms with Crippen LogP contribution in [-0.4, -0.2) is 0 Å². The zero-order valence-corrected chi connectivity index (χ0v) is 19.7. The van der Waals surface area contributed by atoms with Gasteiger partial charge in [-0.15, -0.1) is 0 Å². The lowest BCUT2D eigenvalue weighted by molar-refractivity contribution is -0.660. The SMILES string of the molecule is [2H]c1c([2H])c(-c2c(C#N)ccc3c2oc2c(-c4cc(C([2H])([2H])[2H])c(C([2H])(C)C)c[n+]4C)c(C)ccc23)c([2H])c([2H])c1C#N. The maximum Gasteiger partial charge on any atom is 0.216 e. The summed E-state index contributed by atoms with van der Waals surface area (Å²) in [5, 5.41) is 20.6. The van der Waals surface area contributed by atoms with E-state index in [0.717, 1.165) is 5.56 Å². The van der Waals surface area contributed by atoms with Gasteiger partial charge in [0.2, 0.25) is 5.69 Å². The van der Waals surface area contributed by atoms with E-state index in [4.69, 9.17) is 15.4 Å². The highest BCUT2D eigenvalue weighted by molar-refractivity contribution is 6.14. The van der Waals surface area contributed by atoms with Crippen LogP contribution < -0.4 is 4.57 Å². The fourth-order valence-corrected chi connectivity index (χ4v) is 4.45. The molecule has 0 amide bonds. The Hall–Kier alpha value is -4.41. The first-order valence-electron chi connectivity index (χ1n) is 15.0. The third-order valence-corrected chi connectivity index (χ3v) is 6.19. The van der Waals surface area contributed by atoms with Gasteiger partial charge in [0.1, 0.15) is 18.2 Å². The maximum absolute atomic E-state index is 10.0. The Kier molecular flexibility index (Phi) is 3.55. The van der Waals surface area contributed by atoms with E-state index in [0.29, 0.717) is 33.2 Å². The first-order chi connectivity index (χ1) is 20.0. The molecule has 5 rings (SSSR count). The summed E-state index contributed by atoms with van der Waals surface area (Å²) in [5.74, 6) is -1.18. The van der Waals surface area contributed by atoms with Crippen molar-refractivity contribution in [3.63, 3.8) is 0 Å². The number of fused-ring (bicyclic) bond motifs is 3. The quantitative estimate of drug-likeness (QED) is 0.265. The molecule has 5 aromatic rings. The first-order valence-corrected chi connectivity index (χ1v) is 11.0. The summed E-state index contributed by atoms with van der Waals surface area (Å²) >= 11 is 0. The predicted molar refractivity (Wildman–Crippen MR) is 139 cm³/mol. The number of furan rings is 1. The van der Waals surface area contributed by atoms with Crippen LogP contribution in [0.15, 0.2) is 65.1 Å². The number of hydrogen-bond acceptors (Lipinski definition) is 3. The van der Waals surface area contributed by atoms with Crippen molar-refractivity contribution in [3.8, 4) is 34.5 Å². The number of aryl methyl sites for hydroxylation is 3. The molecule has 0 saturated heterocycles. The number of nitrogens with zero attached hydrogens (tertiary/aromatic N) is 3. The largest absolute Gasteiger partial charge is 0.454 e. The fourth-order valence-electron chi connectivity index (χ4n) is 4.45. The monoisotopic (exact) mass is 464 g/mol. The molecule has 0 aliphatic rings. The second-order valence-electron chi connectivity index (χ2n) is 8.67. The van der Waals surface area contributed by atoms with Crippen molar-refractivity contribution in [1.29, 1.82) is 10.5 Å². The molecule has 0 N–H and O–H groups in total. The molecule has 170 valence electrons. The van der Waals surface area contributed by atoms with E-state index in [1.165, 1.54) is 6.07 Å². The van der Waals surface area contributed by atoms with Crippen molar-refractivity contribution in [2.45, 2.75) is 33.5 Å². The molecule has 35 heavy (non-hydrogen) atoms. The van der Waals surface area contributed by atoms with Crippen LogP contribution in [0.2, 0.25) is 0 Å². The lowest BCUT2D eigenvalue weighted by atomic mass is 9.94. The second-order valence-corrected chi connectivity index (χ2v) is 8.67. The second kappa shape index (κ2) is 8.42. The summed E-state index contributed by atoms with van der Waals surface area (Å²) in [6.07, 6.45) is 1.64. The molecule has 2 heterocycles. The number of hydrogen-bond donors (Lipinski definition) is 0. The summed E-state index contributed by atoms with van der Waals surface area (Å²) < 4.78 is 75.2. The van der Waals surface area contributed by atoms with Gasteiger partial charge in [0.05, 0.1) is 34.3 Å². The Balaban J connectivity index is 1.94. The molecule has 0 spiro atoms. The van der Waals surface area contributed by atoms with Crippen LogP contribution in [0.5, 0.6) is 0 Å². The van der Waals surface area contributed by atoms with Crippen molar-refractivity contribution in [3.05, 3.63) is 88.5 Å². The van der Waals surface area contributed by atoms with Crippen LogP contribution in [0.25, 0.3) is 44.3 Å². The van der Waals surface area contributed by atoms with Gasteiger partial charge in [-0.3, -0.25) is 0 Å². The summed E-state index contributed by atoms with van der Waals surface area (Å²) in [4.78, 5) is 0. The molecule has 3 aromatic carbocycles. The van der Waals surface area contributed by atoms with E-state index in [1.807, 2.05) is 19.1 Å². The average molecular weight is 465 g/mol. The molecule has 2 aromatic heterocycles. The third kappa shape index (κ3) is 3.56. The summed E-state index contributed by atoms with van der Waals surface area (Å²) in [6.45, 7) is 2.62. The van der Waals surface area contributed by atoms with Gasteiger partial charge in [-0.25, -0.2) is 4.57 Å². The minimum atomic E-state index is -2.49. The van der Waals surface area contributed by atoms with Gasteiger partial charge in [-0.05, 0) is 60.6 Å². The van der Waals surface area contributed by atoms with E-state index in [1.54, 1.807) is 49.9 Å². The highest BCUT2D eigenvalue weighted by atomic mass is 16.3. The zero-order chi connectivity index (χ0) is 31.8. The van der Waals surface area contributed by atoms with Gasteiger partial charge in [0, 0.05) is 33.4 Å². The third-order valence-electron chi connectivity index (χ3n) is 6.19. The molecule has 0 fully saturated rings. The Morgan fingerprint density at radius 2 is 1.66 bits per heavy atom. The van der Waals surface area contributed by atoms with Crippen molar-refractivity contribution >= 4 is 21.9 Å². The normalized spacial score (nSPS) is 15.1. The van der Waals surface area contributed by atoms with Gasteiger partial charge < -0.3 is 4.42 Å². The van der Waals surface area contributed by atoms with Crippen molar-refractivity contribution < 1.29 is 20.0 Å². The maximum atomic E-state index is 10.0. The van der Waals surface area contributed by atoms with Gasteiger partial charge in [-0.2, -0.15) is 10.5 Å². The number of pyridine rings is 1. The van der Waals surface area contributed by atoms with E-state index >= 15 is 0 Å². The number of aromatic nitrogens is 1. The zero-order valence-electron chi connectivity index (χ0n) is 27.7. The Morgan fingerprint density at radius 1 is 0.971 bits per heavy atom. The van der Waals surface area contributed by atoms with E-state index in [2.05, 4.69) is 6.07 Å². The summed E-state index contributed by atoms with van der Waals surface area (Å²) in [5.41, 5.74) is 2.38. The highest BCUT2D eigenvalue weighted by Crippen LogP contribution is 2.42. The van der Waals surface area contributed by atoms with Crippen molar-refractivity contribution in [2.24, 2.45) is 7.05 Å². The van der Waals surface area contributed by atoms with Crippen molar-refractivity contribution in [2.75, 3.05) is 0 Å². The van der Waals surface area contributed by atoms with Crippen LogP contribution in [-0.2, 0) is 7.05 Å². The van der Waals surface area contributed by atoms with Gasteiger partial charge >= 0.3 is 0 Å². The van der Waals surface area contributed by atoms with E-state index < -0.39 is 42.5 Å². The van der Waals surface area contributed by atoms with Crippen molar-refractivity contribution in [1.82, 2.24) is 0 Å². The minimum absolute atomic E-state index is 0.0433. The van der Waals surface area contributed by atoms with Gasteiger partial charge in [0.25, 0.3) is 0 Å². The Morgan fingerprint density at radius 3 is 2.29 bits per heavy atom. The minimum Gasteiger partial charge on any atom is -0.454 e. The Labute approximate surface area is 216 Å². The molecule has 0 aliphatic carbocycles. The van der Waals surface area contributed by atoms with Crippen LogP contribution in [0.1, 0.15) is 58.5 Å². The molecule has 0 saturated carbocycles. The summed E-state index contributed by atoms with van der Waals surface area (Å²) in [6, 6.07) is 10.2. The van der Waals surface area contributed by atoms with E-state index in [9.17, 15) is 10.5 Å². The fraction of sp³-hybridized carbons (Fsp3) is 0.194. The molecular weight excluding hydrogens is 430 g/mol. The molecule has 0 unspecified atom stereocenters. The van der Waals surface area contributed by atoms with Crippen LogP contribution >= 0.6 is 0 Å². The smallest absolute Gasteiger partial charge is 0.216 e. The number of rotatable bonds is 3. The molecular formula is C31H26N3O+. The average Bonchev–Trinajstić information content (AvgIpc) is 3.30. The lowest BCUT2D eigenvalue weighted by Gasteiger charge is -2.11. The molecule has 4 heteroatoms. The predicted octanol–water partition coefficient (Wildman–Crippen LogP) is 7.23. The van der Waals surface area contributed by atoms with Gasteiger partial charge in [-0.1, -0.05) is 38.1 Å². The van der Waals surface area contributed by atoms with Crippen LogP contribution in [0, 0.1) is 36.4 Å². The molecule has 4 nitrogen and oxygen atoms in total. The molecule has 0 aliphatic heterocycles. The van der Waals surface area contributed by atoms with Gasteiger partial charge in [0.15, 0.2) is 6.20 Å². The summed E-state index contributed by atoms with van der Waals surface area (Å²) in [7, 11) is 1.76.